The van der Waals surface area contributed by atoms with Crippen LogP contribution in [-0.4, -0.2) is 16.6 Å². The number of anilines is 1. The van der Waals surface area contributed by atoms with E-state index < -0.39 is 0 Å². The molecule has 21 heavy (non-hydrogen) atoms. The van der Waals surface area contributed by atoms with Crippen molar-refractivity contribution in [1.29, 1.82) is 0 Å². The molecule has 0 aromatic carbocycles. The molecule has 0 spiro atoms. The van der Waals surface area contributed by atoms with Gasteiger partial charge in [-0.25, -0.2) is 9.97 Å². The van der Waals surface area contributed by atoms with Crippen molar-refractivity contribution < 1.29 is 4.74 Å². The third kappa shape index (κ3) is 3.73. The van der Waals surface area contributed by atoms with E-state index in [0.717, 1.165) is 24.4 Å². The number of nitrogens with zero attached hydrogens (tertiary/aromatic N) is 2. The fraction of sp³-hybridized carbons (Fsp3) is 0.765. The summed E-state index contributed by atoms with van der Waals surface area (Å²) in [7, 11) is 0. The van der Waals surface area contributed by atoms with E-state index in [1.54, 1.807) is 0 Å². The standard InChI is InChI=1S/C17H29N3O/c1-5-21-17(10-8-6-7-9-11-17)15-19-13(16(2,3)4)12-14(18)20-15/h12H,5-11H2,1-4H3,(H2,18,19,20). The molecule has 1 fully saturated rings. The maximum absolute atomic E-state index is 6.18. The van der Waals surface area contributed by atoms with Gasteiger partial charge in [0.15, 0.2) is 5.82 Å². The Morgan fingerprint density at radius 3 is 2.29 bits per heavy atom. The number of nitrogens with two attached hydrogens (primary N) is 1. The summed E-state index contributed by atoms with van der Waals surface area (Å²) in [5, 5.41) is 0. The van der Waals surface area contributed by atoms with Crippen LogP contribution in [0.1, 0.15) is 77.7 Å². The van der Waals surface area contributed by atoms with E-state index in [2.05, 4.69) is 25.8 Å². The number of rotatable bonds is 3. The number of ether oxygens (including phenoxy) is 1. The third-order valence-electron chi connectivity index (χ3n) is 4.25. The van der Waals surface area contributed by atoms with Gasteiger partial charge in [0.05, 0.1) is 5.69 Å². The third-order valence-corrected chi connectivity index (χ3v) is 4.25. The van der Waals surface area contributed by atoms with Crippen molar-refractivity contribution in [2.45, 2.75) is 77.2 Å². The van der Waals surface area contributed by atoms with Crippen molar-refractivity contribution in [2.24, 2.45) is 0 Å². The monoisotopic (exact) mass is 291 g/mol. The second-order valence-electron chi connectivity index (χ2n) is 7.09. The smallest absolute Gasteiger partial charge is 0.162 e. The van der Waals surface area contributed by atoms with E-state index in [4.69, 9.17) is 15.5 Å². The van der Waals surface area contributed by atoms with Gasteiger partial charge in [0.25, 0.3) is 0 Å². The van der Waals surface area contributed by atoms with Crippen molar-refractivity contribution in [3.8, 4) is 0 Å². The largest absolute Gasteiger partial charge is 0.384 e. The Labute approximate surface area is 128 Å². The van der Waals surface area contributed by atoms with E-state index in [1.165, 1.54) is 25.7 Å². The number of hydrogen-bond acceptors (Lipinski definition) is 4. The van der Waals surface area contributed by atoms with Gasteiger partial charge < -0.3 is 10.5 Å². The molecule has 1 aromatic heterocycles. The molecule has 0 saturated heterocycles. The molecule has 1 aliphatic carbocycles. The van der Waals surface area contributed by atoms with Gasteiger partial charge in [-0.1, -0.05) is 46.5 Å². The highest BCUT2D eigenvalue weighted by Crippen LogP contribution is 2.38. The van der Waals surface area contributed by atoms with Gasteiger partial charge in [-0.15, -0.1) is 0 Å². The summed E-state index contributed by atoms with van der Waals surface area (Å²) < 4.78 is 6.18. The Kier molecular flexibility index (Phi) is 4.87. The summed E-state index contributed by atoms with van der Waals surface area (Å²) in [6.45, 7) is 9.18. The Hall–Kier alpha value is -1.16. The molecule has 1 aliphatic rings. The van der Waals surface area contributed by atoms with Crippen LogP contribution < -0.4 is 5.73 Å². The molecule has 4 heteroatoms. The average molecular weight is 291 g/mol. The fourth-order valence-corrected chi connectivity index (χ4v) is 3.06. The summed E-state index contributed by atoms with van der Waals surface area (Å²) in [5.74, 6) is 1.34. The van der Waals surface area contributed by atoms with Crippen molar-refractivity contribution in [3.63, 3.8) is 0 Å². The first-order valence-corrected chi connectivity index (χ1v) is 8.17. The van der Waals surface area contributed by atoms with E-state index in [0.29, 0.717) is 12.4 Å². The predicted molar refractivity (Wildman–Crippen MR) is 86.2 cm³/mol. The van der Waals surface area contributed by atoms with Crippen molar-refractivity contribution in [3.05, 3.63) is 17.6 Å². The molecule has 118 valence electrons. The van der Waals surface area contributed by atoms with Gasteiger partial charge in [-0.3, -0.25) is 0 Å². The van der Waals surface area contributed by atoms with Crippen molar-refractivity contribution in [1.82, 2.24) is 9.97 Å². The molecule has 0 radical (unpaired) electrons. The Morgan fingerprint density at radius 2 is 1.76 bits per heavy atom. The van der Waals surface area contributed by atoms with Crippen molar-refractivity contribution in [2.75, 3.05) is 12.3 Å². The first-order valence-electron chi connectivity index (χ1n) is 8.17. The summed E-state index contributed by atoms with van der Waals surface area (Å²) in [5.41, 5.74) is 6.66. The zero-order valence-corrected chi connectivity index (χ0v) is 13.9. The molecule has 0 unspecified atom stereocenters. The highest BCUT2D eigenvalue weighted by Gasteiger charge is 2.37. The maximum Gasteiger partial charge on any atom is 0.162 e. The Bertz CT molecular complexity index is 471. The van der Waals surface area contributed by atoms with Crippen LogP contribution in [-0.2, 0) is 15.8 Å². The number of hydrogen-bond donors (Lipinski definition) is 1. The fourth-order valence-electron chi connectivity index (χ4n) is 3.06. The lowest BCUT2D eigenvalue weighted by Gasteiger charge is -2.32. The molecule has 1 aromatic rings. The second-order valence-corrected chi connectivity index (χ2v) is 7.09. The predicted octanol–water partition coefficient (Wildman–Crippen LogP) is 3.94. The number of nitrogen functional groups attached to an aromatic ring is 1. The molecular weight excluding hydrogens is 262 g/mol. The second kappa shape index (κ2) is 6.30. The van der Waals surface area contributed by atoms with Gasteiger partial charge in [0, 0.05) is 18.1 Å². The average Bonchev–Trinajstić information content (AvgIpc) is 2.64. The summed E-state index contributed by atoms with van der Waals surface area (Å²) in [6.07, 6.45) is 6.86. The van der Waals surface area contributed by atoms with Crippen molar-refractivity contribution >= 4 is 5.82 Å². The van der Waals surface area contributed by atoms with Crippen LogP contribution in [0.3, 0.4) is 0 Å². The zero-order valence-electron chi connectivity index (χ0n) is 13.9. The van der Waals surface area contributed by atoms with Gasteiger partial charge in [0.1, 0.15) is 11.4 Å². The molecular formula is C17H29N3O. The lowest BCUT2D eigenvalue weighted by Crippen LogP contribution is -2.33. The van der Waals surface area contributed by atoms with E-state index in [9.17, 15) is 0 Å². The maximum atomic E-state index is 6.18. The lowest BCUT2D eigenvalue weighted by atomic mass is 9.89. The first kappa shape index (κ1) is 16.2. The molecule has 0 aliphatic heterocycles. The molecule has 0 atom stereocenters. The van der Waals surface area contributed by atoms with Gasteiger partial charge >= 0.3 is 0 Å². The Balaban J connectivity index is 2.46. The summed E-state index contributed by atoms with van der Waals surface area (Å²) in [4.78, 5) is 9.39. The van der Waals surface area contributed by atoms with Crippen LogP contribution in [0.25, 0.3) is 0 Å². The van der Waals surface area contributed by atoms with Crippen LogP contribution in [0.2, 0.25) is 0 Å². The van der Waals surface area contributed by atoms with E-state index >= 15 is 0 Å². The van der Waals surface area contributed by atoms with E-state index in [-0.39, 0.29) is 11.0 Å². The van der Waals surface area contributed by atoms with Gasteiger partial charge in [-0.05, 0) is 19.8 Å². The SMILES string of the molecule is CCOC1(c2nc(N)cc(C(C)(C)C)n2)CCCCCC1. The molecule has 1 heterocycles. The first-order chi connectivity index (χ1) is 9.87. The Morgan fingerprint density at radius 1 is 1.14 bits per heavy atom. The highest BCUT2D eigenvalue weighted by molar-refractivity contribution is 5.33. The summed E-state index contributed by atoms with van der Waals surface area (Å²) >= 11 is 0. The number of aromatic nitrogens is 2. The zero-order chi connectivity index (χ0) is 15.5. The van der Waals surface area contributed by atoms with Gasteiger partial charge in [0.2, 0.25) is 0 Å². The van der Waals surface area contributed by atoms with Crippen LogP contribution >= 0.6 is 0 Å². The molecule has 1 saturated carbocycles. The topological polar surface area (TPSA) is 61.0 Å². The minimum atomic E-state index is -0.347. The van der Waals surface area contributed by atoms with Crippen LogP contribution in [0.15, 0.2) is 6.07 Å². The minimum absolute atomic E-state index is 0.0378. The molecule has 2 N–H and O–H groups in total. The van der Waals surface area contributed by atoms with E-state index in [1.807, 2.05) is 13.0 Å². The quantitative estimate of drug-likeness (QED) is 0.857. The minimum Gasteiger partial charge on any atom is -0.384 e. The highest BCUT2D eigenvalue weighted by atomic mass is 16.5. The van der Waals surface area contributed by atoms with Crippen LogP contribution in [0.5, 0.6) is 0 Å². The normalized spacial score (nSPS) is 19.2. The van der Waals surface area contributed by atoms with Gasteiger partial charge in [-0.2, -0.15) is 0 Å². The summed E-state index contributed by atoms with van der Waals surface area (Å²) in [6, 6.07) is 1.89. The van der Waals surface area contributed by atoms with Crippen LogP contribution in [0.4, 0.5) is 5.82 Å². The molecule has 2 rings (SSSR count). The molecule has 0 amide bonds. The molecule has 4 nitrogen and oxygen atoms in total. The lowest BCUT2D eigenvalue weighted by molar-refractivity contribution is -0.0625. The van der Waals surface area contributed by atoms with Crippen LogP contribution in [0, 0.1) is 0 Å². The molecule has 0 bridgehead atoms.